The van der Waals surface area contributed by atoms with Crippen LogP contribution in [0.3, 0.4) is 0 Å². The molecule has 0 fully saturated rings. The predicted molar refractivity (Wildman–Crippen MR) is 91.1 cm³/mol. The fourth-order valence-electron chi connectivity index (χ4n) is 2.22. The number of Topliss-reactive ketones (excluding diaryl/α,β-unsaturated/α-hetero) is 1. The summed E-state index contributed by atoms with van der Waals surface area (Å²) in [5, 5.41) is 2.69. The summed E-state index contributed by atoms with van der Waals surface area (Å²) in [6, 6.07) is 10.0. The molecule has 6 heteroatoms. The average Bonchev–Trinajstić information content (AvgIpc) is 2.61. The van der Waals surface area contributed by atoms with Crippen molar-refractivity contribution in [3.8, 4) is 0 Å². The summed E-state index contributed by atoms with van der Waals surface area (Å²) in [5.74, 6) is -1.51. The highest BCUT2D eigenvalue weighted by Gasteiger charge is 2.12. The summed E-state index contributed by atoms with van der Waals surface area (Å²) in [7, 11) is 1.28. The largest absolute Gasteiger partial charge is 0.465 e. The predicted octanol–water partition coefficient (Wildman–Crippen LogP) is 3.52. The van der Waals surface area contributed by atoms with E-state index in [2.05, 4.69) is 10.1 Å². The maximum Gasteiger partial charge on any atom is 0.337 e. The molecule has 130 valence electrons. The molecule has 0 spiro atoms. The molecule has 1 amide bonds. The van der Waals surface area contributed by atoms with Gasteiger partial charge < -0.3 is 10.1 Å². The zero-order valence-corrected chi connectivity index (χ0v) is 14.0. The molecule has 2 aromatic carbocycles. The normalized spacial score (nSPS) is 10.2. The number of ether oxygens (including phenoxy) is 1. The molecular weight excluding hydrogens is 325 g/mol. The highest BCUT2D eigenvalue weighted by atomic mass is 19.1. The molecular formula is C19H18FNO4. The highest BCUT2D eigenvalue weighted by molar-refractivity contribution is 6.00. The van der Waals surface area contributed by atoms with Crippen LogP contribution in [-0.4, -0.2) is 24.8 Å². The van der Waals surface area contributed by atoms with Crippen LogP contribution in [0.2, 0.25) is 0 Å². The summed E-state index contributed by atoms with van der Waals surface area (Å²) in [4.78, 5) is 35.6. The molecule has 0 radical (unpaired) electrons. The minimum atomic E-state index is -0.498. The monoisotopic (exact) mass is 343 g/mol. The Labute approximate surface area is 144 Å². The van der Waals surface area contributed by atoms with E-state index in [1.54, 1.807) is 19.1 Å². The maximum atomic E-state index is 12.9. The molecule has 0 bridgehead atoms. The van der Waals surface area contributed by atoms with Crippen LogP contribution in [0.1, 0.15) is 39.1 Å². The van der Waals surface area contributed by atoms with Crippen molar-refractivity contribution < 1.29 is 23.5 Å². The minimum Gasteiger partial charge on any atom is -0.465 e. The first-order valence-corrected chi connectivity index (χ1v) is 7.68. The molecule has 0 atom stereocenters. The lowest BCUT2D eigenvalue weighted by atomic mass is 10.1. The van der Waals surface area contributed by atoms with Crippen LogP contribution in [0, 0.1) is 12.7 Å². The Hall–Kier alpha value is -3.02. The lowest BCUT2D eigenvalue weighted by Gasteiger charge is -2.10. The molecule has 5 nitrogen and oxygen atoms in total. The van der Waals surface area contributed by atoms with Crippen LogP contribution < -0.4 is 5.32 Å². The number of aryl methyl sites for hydroxylation is 1. The van der Waals surface area contributed by atoms with Gasteiger partial charge in [0.2, 0.25) is 5.91 Å². The van der Waals surface area contributed by atoms with Gasteiger partial charge in [-0.05, 0) is 48.9 Å². The quantitative estimate of drug-likeness (QED) is 0.643. The number of ketones is 1. The molecule has 0 aliphatic carbocycles. The van der Waals surface area contributed by atoms with E-state index in [-0.39, 0.29) is 24.5 Å². The van der Waals surface area contributed by atoms with E-state index >= 15 is 0 Å². The first kappa shape index (κ1) is 18.3. The van der Waals surface area contributed by atoms with Crippen molar-refractivity contribution in [1.29, 1.82) is 0 Å². The number of amides is 1. The Morgan fingerprint density at radius 1 is 1.00 bits per heavy atom. The number of benzene rings is 2. The third-order valence-corrected chi connectivity index (χ3v) is 3.68. The second-order valence-corrected chi connectivity index (χ2v) is 5.50. The summed E-state index contributed by atoms with van der Waals surface area (Å²) < 4.78 is 17.5. The SMILES string of the molecule is COC(=O)c1ccc(C)c(NC(=O)CCC(=O)c2ccc(F)cc2)c1. The van der Waals surface area contributed by atoms with Gasteiger partial charge >= 0.3 is 5.97 Å². The average molecular weight is 343 g/mol. The van der Waals surface area contributed by atoms with Crippen LogP contribution in [-0.2, 0) is 9.53 Å². The Kier molecular flexibility index (Phi) is 6.00. The summed E-state index contributed by atoms with van der Waals surface area (Å²) in [6.07, 6.45) is -0.00862. The van der Waals surface area contributed by atoms with E-state index in [0.29, 0.717) is 16.8 Å². The fourth-order valence-corrected chi connectivity index (χ4v) is 2.22. The second kappa shape index (κ2) is 8.19. The van der Waals surface area contributed by atoms with Crippen LogP contribution >= 0.6 is 0 Å². The van der Waals surface area contributed by atoms with Crippen LogP contribution in [0.25, 0.3) is 0 Å². The van der Waals surface area contributed by atoms with E-state index in [1.165, 1.54) is 37.4 Å². The van der Waals surface area contributed by atoms with E-state index < -0.39 is 11.8 Å². The number of carbonyl (C=O) groups excluding carboxylic acids is 3. The number of nitrogens with one attached hydrogen (secondary N) is 1. The number of esters is 1. The number of carbonyl (C=O) groups is 3. The van der Waals surface area contributed by atoms with Gasteiger partial charge in [0.05, 0.1) is 12.7 Å². The molecule has 1 N–H and O–H groups in total. The zero-order valence-electron chi connectivity index (χ0n) is 14.0. The molecule has 25 heavy (non-hydrogen) atoms. The Bertz CT molecular complexity index is 800. The van der Waals surface area contributed by atoms with Crippen LogP contribution in [0.4, 0.5) is 10.1 Å². The van der Waals surface area contributed by atoms with Crippen molar-refractivity contribution >= 4 is 23.3 Å². The zero-order chi connectivity index (χ0) is 18.4. The second-order valence-electron chi connectivity index (χ2n) is 5.50. The van der Waals surface area contributed by atoms with Crippen molar-refractivity contribution in [2.75, 3.05) is 12.4 Å². The molecule has 0 unspecified atom stereocenters. The van der Waals surface area contributed by atoms with Crippen LogP contribution in [0.5, 0.6) is 0 Å². The summed E-state index contributed by atoms with van der Waals surface area (Å²) in [6.45, 7) is 1.79. The Morgan fingerprint density at radius 2 is 1.64 bits per heavy atom. The van der Waals surface area contributed by atoms with Gasteiger partial charge in [-0.25, -0.2) is 9.18 Å². The van der Waals surface area contributed by atoms with Gasteiger partial charge in [0.15, 0.2) is 5.78 Å². The van der Waals surface area contributed by atoms with Gasteiger partial charge in [-0.1, -0.05) is 6.07 Å². The molecule has 0 saturated heterocycles. The number of halogens is 1. The molecule has 2 rings (SSSR count). The first-order chi connectivity index (χ1) is 11.9. The summed E-state index contributed by atoms with van der Waals surface area (Å²) in [5.41, 5.74) is 1.96. The molecule has 0 aromatic heterocycles. The highest BCUT2D eigenvalue weighted by Crippen LogP contribution is 2.18. The van der Waals surface area contributed by atoms with Gasteiger partial charge in [-0.2, -0.15) is 0 Å². The number of hydrogen-bond donors (Lipinski definition) is 1. The van der Waals surface area contributed by atoms with Crippen molar-refractivity contribution in [2.24, 2.45) is 0 Å². The third kappa shape index (κ3) is 4.97. The number of anilines is 1. The minimum absolute atomic E-state index is 0.00715. The smallest absolute Gasteiger partial charge is 0.337 e. The first-order valence-electron chi connectivity index (χ1n) is 7.68. The lowest BCUT2D eigenvalue weighted by molar-refractivity contribution is -0.116. The summed E-state index contributed by atoms with van der Waals surface area (Å²) >= 11 is 0. The van der Waals surface area contributed by atoms with Crippen molar-refractivity contribution in [3.05, 3.63) is 65.0 Å². The lowest BCUT2D eigenvalue weighted by Crippen LogP contribution is -2.15. The number of rotatable bonds is 6. The van der Waals surface area contributed by atoms with Crippen LogP contribution in [0.15, 0.2) is 42.5 Å². The van der Waals surface area contributed by atoms with Gasteiger partial charge in [0.25, 0.3) is 0 Å². The van der Waals surface area contributed by atoms with E-state index in [1.807, 2.05) is 0 Å². The van der Waals surface area contributed by atoms with Crippen molar-refractivity contribution in [2.45, 2.75) is 19.8 Å². The molecule has 0 saturated carbocycles. The number of hydrogen-bond acceptors (Lipinski definition) is 4. The van der Waals surface area contributed by atoms with Gasteiger partial charge in [0.1, 0.15) is 5.82 Å². The molecule has 0 aliphatic rings. The Morgan fingerprint density at radius 3 is 2.28 bits per heavy atom. The Balaban J connectivity index is 1.97. The van der Waals surface area contributed by atoms with Gasteiger partial charge in [0, 0.05) is 24.1 Å². The van der Waals surface area contributed by atoms with Gasteiger partial charge in [-0.15, -0.1) is 0 Å². The third-order valence-electron chi connectivity index (χ3n) is 3.68. The maximum absolute atomic E-state index is 12.9. The van der Waals surface area contributed by atoms with Crippen molar-refractivity contribution in [1.82, 2.24) is 0 Å². The molecule has 0 aliphatic heterocycles. The topological polar surface area (TPSA) is 72.5 Å². The van der Waals surface area contributed by atoms with E-state index in [9.17, 15) is 18.8 Å². The fraction of sp³-hybridized carbons (Fsp3) is 0.211. The van der Waals surface area contributed by atoms with Crippen molar-refractivity contribution in [3.63, 3.8) is 0 Å². The van der Waals surface area contributed by atoms with Gasteiger partial charge in [-0.3, -0.25) is 9.59 Å². The van der Waals surface area contributed by atoms with E-state index in [4.69, 9.17) is 0 Å². The number of methoxy groups -OCH3 is 1. The van der Waals surface area contributed by atoms with E-state index in [0.717, 1.165) is 5.56 Å². The standard InChI is InChI=1S/C19H18FNO4/c1-12-3-4-14(19(24)25-2)11-16(12)21-18(23)10-9-17(22)13-5-7-15(20)8-6-13/h3-8,11H,9-10H2,1-2H3,(H,21,23). The molecule has 0 heterocycles. The molecule has 2 aromatic rings.